The zero-order valence-corrected chi connectivity index (χ0v) is 13.9. The fourth-order valence-electron chi connectivity index (χ4n) is 1.89. The molecule has 0 spiro atoms. The molecule has 1 heterocycles. The minimum atomic E-state index is -0.945. The molecule has 1 aromatic heterocycles. The summed E-state index contributed by atoms with van der Waals surface area (Å²) in [6.45, 7) is 4.58. The highest BCUT2D eigenvalue weighted by molar-refractivity contribution is 7.99. The van der Waals surface area contributed by atoms with Crippen LogP contribution in [0.4, 0.5) is 0 Å². The minimum absolute atomic E-state index is 0.235. The third-order valence-electron chi connectivity index (χ3n) is 3.10. The third-order valence-corrected chi connectivity index (χ3v) is 4.13. The number of carboxylic acids is 1. The average molecular weight is 336 g/mol. The number of thioether (sulfide) groups is 1. The number of carbonyl (C=O) groups is 1. The summed E-state index contributed by atoms with van der Waals surface area (Å²) in [6, 6.07) is 6.36. The van der Waals surface area contributed by atoms with Gasteiger partial charge in [0, 0.05) is 11.7 Å². The maximum absolute atomic E-state index is 10.8. The van der Waals surface area contributed by atoms with Gasteiger partial charge in [-0.25, -0.2) is 9.47 Å². The lowest BCUT2D eigenvalue weighted by atomic mass is 10.2. The molecule has 0 bridgehead atoms. The molecule has 0 aliphatic rings. The summed E-state index contributed by atoms with van der Waals surface area (Å²) in [6.07, 6.45) is 0.815. The maximum Gasteiger partial charge on any atom is 0.335 e. The predicted octanol–water partition coefficient (Wildman–Crippen LogP) is 2.37. The number of aromatic carboxylic acids is 1. The fraction of sp³-hybridized carbons (Fsp3) is 0.400. The molecule has 7 nitrogen and oxygen atoms in total. The first-order valence-electron chi connectivity index (χ1n) is 7.28. The molecule has 0 unspecified atom stereocenters. The normalized spacial score (nSPS) is 10.9. The van der Waals surface area contributed by atoms with Crippen molar-refractivity contribution in [1.29, 1.82) is 0 Å². The van der Waals surface area contributed by atoms with Crippen LogP contribution in [0.25, 0.3) is 0 Å². The van der Waals surface area contributed by atoms with Gasteiger partial charge in [-0.1, -0.05) is 25.6 Å². The van der Waals surface area contributed by atoms with Crippen LogP contribution >= 0.6 is 11.8 Å². The number of carboxylic acid groups (broad SMARTS) is 1. The number of aromatic nitrogens is 3. The smallest absolute Gasteiger partial charge is 0.335 e. The van der Waals surface area contributed by atoms with Gasteiger partial charge in [0.05, 0.1) is 12.2 Å². The minimum Gasteiger partial charge on any atom is -0.494 e. The molecule has 124 valence electrons. The molecule has 0 aliphatic carbocycles. The molecule has 0 aliphatic heterocycles. The van der Waals surface area contributed by atoms with Gasteiger partial charge in [-0.3, -0.25) is 0 Å². The van der Waals surface area contributed by atoms with E-state index in [2.05, 4.69) is 10.2 Å². The number of ether oxygens (including phenoxy) is 1. The van der Waals surface area contributed by atoms with Gasteiger partial charge in [0.15, 0.2) is 5.82 Å². The maximum atomic E-state index is 10.8. The predicted molar refractivity (Wildman–Crippen MR) is 88.5 cm³/mol. The van der Waals surface area contributed by atoms with E-state index in [1.54, 1.807) is 12.1 Å². The zero-order chi connectivity index (χ0) is 16.8. The molecule has 0 radical (unpaired) electrons. The molecule has 0 saturated heterocycles. The van der Waals surface area contributed by atoms with Crippen LogP contribution in [0.2, 0.25) is 0 Å². The van der Waals surface area contributed by atoms with Gasteiger partial charge >= 0.3 is 5.97 Å². The van der Waals surface area contributed by atoms with Crippen LogP contribution in [0.3, 0.4) is 0 Å². The molecule has 0 atom stereocenters. The summed E-state index contributed by atoms with van der Waals surface area (Å²) < 4.78 is 7.10. The summed E-state index contributed by atoms with van der Waals surface area (Å²) >= 11 is 1.53. The van der Waals surface area contributed by atoms with Crippen molar-refractivity contribution in [1.82, 2.24) is 14.9 Å². The standard InChI is InChI=1S/C15H20N4O3S/c1-10(2)13-17-18-15(19(13)16)23-9-3-8-22-12-6-4-11(5-7-12)14(20)21/h4-7,10H,3,8-9,16H2,1-2H3,(H,20,21). The van der Waals surface area contributed by atoms with E-state index in [1.807, 2.05) is 13.8 Å². The number of nitrogens with zero attached hydrogens (tertiary/aromatic N) is 3. The topological polar surface area (TPSA) is 103 Å². The molecule has 2 rings (SSSR count). The van der Waals surface area contributed by atoms with E-state index in [9.17, 15) is 4.79 Å². The van der Waals surface area contributed by atoms with E-state index in [0.29, 0.717) is 17.5 Å². The highest BCUT2D eigenvalue weighted by Gasteiger charge is 2.12. The Morgan fingerprint density at radius 3 is 2.61 bits per heavy atom. The Bertz CT molecular complexity index is 655. The van der Waals surface area contributed by atoms with Crippen LogP contribution in [0.5, 0.6) is 5.75 Å². The Kier molecular flexibility index (Phi) is 5.86. The lowest BCUT2D eigenvalue weighted by Gasteiger charge is -2.07. The van der Waals surface area contributed by atoms with Crippen LogP contribution in [0.1, 0.15) is 42.4 Å². The van der Waals surface area contributed by atoms with Crippen molar-refractivity contribution in [2.45, 2.75) is 31.3 Å². The first-order valence-corrected chi connectivity index (χ1v) is 8.27. The number of hydrogen-bond acceptors (Lipinski definition) is 6. The van der Waals surface area contributed by atoms with Crippen molar-refractivity contribution in [3.63, 3.8) is 0 Å². The van der Waals surface area contributed by atoms with Crippen molar-refractivity contribution in [2.24, 2.45) is 0 Å². The SMILES string of the molecule is CC(C)c1nnc(SCCCOc2ccc(C(=O)O)cc2)n1N. The third kappa shape index (κ3) is 4.62. The largest absolute Gasteiger partial charge is 0.494 e. The van der Waals surface area contributed by atoms with E-state index >= 15 is 0 Å². The summed E-state index contributed by atoms with van der Waals surface area (Å²) in [5.74, 6) is 7.46. The van der Waals surface area contributed by atoms with Gasteiger partial charge in [-0.15, -0.1) is 10.2 Å². The quantitative estimate of drug-likeness (QED) is 0.433. The summed E-state index contributed by atoms with van der Waals surface area (Å²) in [5.41, 5.74) is 0.246. The molecular weight excluding hydrogens is 316 g/mol. The molecule has 3 N–H and O–H groups in total. The Hall–Kier alpha value is -2.22. The van der Waals surface area contributed by atoms with Gasteiger partial charge in [0.1, 0.15) is 5.75 Å². The number of rotatable bonds is 8. The van der Waals surface area contributed by atoms with E-state index in [0.717, 1.165) is 18.0 Å². The van der Waals surface area contributed by atoms with Crippen LogP contribution in [-0.4, -0.2) is 38.3 Å². The molecule has 23 heavy (non-hydrogen) atoms. The Morgan fingerprint density at radius 1 is 1.35 bits per heavy atom. The summed E-state index contributed by atoms with van der Waals surface area (Å²) in [5, 5.41) is 17.7. The monoisotopic (exact) mass is 336 g/mol. The van der Waals surface area contributed by atoms with E-state index in [-0.39, 0.29) is 11.5 Å². The fourth-order valence-corrected chi connectivity index (χ4v) is 2.66. The second kappa shape index (κ2) is 7.87. The zero-order valence-electron chi connectivity index (χ0n) is 13.1. The molecule has 8 heteroatoms. The van der Waals surface area contributed by atoms with E-state index in [1.165, 1.54) is 28.6 Å². The van der Waals surface area contributed by atoms with E-state index < -0.39 is 5.97 Å². The van der Waals surface area contributed by atoms with Gasteiger partial charge in [-0.2, -0.15) is 0 Å². The number of benzene rings is 1. The number of nitrogen functional groups attached to an aromatic ring is 1. The first kappa shape index (κ1) is 17.1. The van der Waals surface area contributed by atoms with Gasteiger partial charge in [-0.05, 0) is 30.7 Å². The Morgan fingerprint density at radius 2 is 2.04 bits per heavy atom. The Balaban J connectivity index is 1.72. The molecule has 1 aromatic carbocycles. The molecule has 0 saturated carbocycles. The van der Waals surface area contributed by atoms with E-state index in [4.69, 9.17) is 15.7 Å². The first-order chi connectivity index (χ1) is 11.0. The molecular formula is C15H20N4O3S. The van der Waals surface area contributed by atoms with Crippen LogP contribution in [-0.2, 0) is 0 Å². The lowest BCUT2D eigenvalue weighted by molar-refractivity contribution is 0.0697. The second-order valence-corrected chi connectivity index (χ2v) is 6.31. The van der Waals surface area contributed by atoms with Crippen LogP contribution in [0.15, 0.2) is 29.4 Å². The van der Waals surface area contributed by atoms with Gasteiger partial charge < -0.3 is 15.7 Å². The average Bonchev–Trinajstić information content (AvgIpc) is 2.88. The summed E-state index contributed by atoms with van der Waals surface area (Å²) in [7, 11) is 0. The van der Waals surface area contributed by atoms with Crippen LogP contribution < -0.4 is 10.6 Å². The highest BCUT2D eigenvalue weighted by atomic mass is 32.2. The van der Waals surface area contributed by atoms with Gasteiger partial charge in [0.25, 0.3) is 0 Å². The highest BCUT2D eigenvalue weighted by Crippen LogP contribution is 2.19. The van der Waals surface area contributed by atoms with Crippen molar-refractivity contribution in [3.8, 4) is 5.75 Å². The van der Waals surface area contributed by atoms with Crippen molar-refractivity contribution < 1.29 is 14.6 Å². The van der Waals surface area contributed by atoms with Crippen molar-refractivity contribution in [3.05, 3.63) is 35.7 Å². The number of nitrogens with two attached hydrogens (primary N) is 1. The molecule has 2 aromatic rings. The second-order valence-electron chi connectivity index (χ2n) is 5.25. The van der Waals surface area contributed by atoms with Crippen molar-refractivity contribution >= 4 is 17.7 Å². The summed E-state index contributed by atoms with van der Waals surface area (Å²) in [4.78, 5) is 10.8. The van der Waals surface area contributed by atoms with Gasteiger partial charge in [0.2, 0.25) is 5.16 Å². The Labute approximate surface area is 138 Å². The van der Waals surface area contributed by atoms with Crippen molar-refractivity contribution in [2.75, 3.05) is 18.2 Å². The van der Waals surface area contributed by atoms with Crippen LogP contribution in [0, 0.1) is 0 Å². The molecule has 0 fully saturated rings. The number of hydrogen-bond donors (Lipinski definition) is 2. The lowest BCUT2D eigenvalue weighted by Crippen LogP contribution is -2.15. The molecule has 0 amide bonds.